The van der Waals surface area contributed by atoms with Crippen molar-refractivity contribution in [3.8, 4) is 0 Å². The van der Waals surface area contributed by atoms with Gasteiger partial charge in [-0.1, -0.05) is 0 Å². The Kier molecular flexibility index (Phi) is 3.44. The quantitative estimate of drug-likeness (QED) is 0.536. The Bertz CT molecular complexity index is 753. The van der Waals surface area contributed by atoms with Crippen LogP contribution < -0.4 is 2.89 Å². The van der Waals surface area contributed by atoms with Crippen molar-refractivity contribution in [3.63, 3.8) is 0 Å². The van der Waals surface area contributed by atoms with Gasteiger partial charge in [-0.05, 0) is 0 Å². The number of rotatable bonds is 1. The van der Waals surface area contributed by atoms with E-state index in [0.717, 1.165) is 0 Å². The van der Waals surface area contributed by atoms with E-state index in [9.17, 15) is 0 Å². The van der Waals surface area contributed by atoms with Crippen LogP contribution in [0.5, 0.6) is 0 Å². The monoisotopic (exact) mass is 422 g/mol. The van der Waals surface area contributed by atoms with E-state index < -0.39 is 18.4 Å². The van der Waals surface area contributed by atoms with Crippen molar-refractivity contribution >= 4 is 55.1 Å². The van der Waals surface area contributed by atoms with Crippen molar-refractivity contribution in [3.05, 3.63) is 37.9 Å². The van der Waals surface area contributed by atoms with Gasteiger partial charge in [0, 0.05) is 0 Å². The van der Waals surface area contributed by atoms with Gasteiger partial charge in [-0.3, -0.25) is 0 Å². The summed E-state index contributed by atoms with van der Waals surface area (Å²) in [5, 5.41) is 0. The van der Waals surface area contributed by atoms with Gasteiger partial charge < -0.3 is 0 Å². The standard InChI is InChI=1S/C15H13S2.3CH3.Sn/c1-9-8-13-11(3-5-15(13)17-9)10-2-4-14-12(10)6-7-16-14;;;;/h6,8H,2-5H2,1H3;3*1H3;/b11-10+;;;;. The maximum absolute atomic E-state index is 2.59. The molecule has 21 heavy (non-hydrogen) atoms. The van der Waals surface area contributed by atoms with Crippen molar-refractivity contribution in [2.45, 2.75) is 47.4 Å². The Morgan fingerprint density at radius 2 is 1.38 bits per heavy atom. The molecule has 0 saturated heterocycles. The number of aryl methyl sites for hydroxylation is 3. The molecule has 0 aromatic carbocycles. The molecule has 2 heterocycles. The predicted octanol–water partition coefficient (Wildman–Crippen LogP) is 5.47. The molecule has 2 aliphatic rings. The minimum absolute atomic E-state index is 1.28. The Morgan fingerprint density at radius 1 is 0.810 bits per heavy atom. The molecule has 0 N–H and O–H groups in total. The van der Waals surface area contributed by atoms with Gasteiger partial charge in [0.25, 0.3) is 0 Å². The third-order valence-electron chi connectivity index (χ3n) is 4.70. The fourth-order valence-electron chi connectivity index (χ4n) is 3.62. The van der Waals surface area contributed by atoms with Crippen LogP contribution in [-0.2, 0) is 12.8 Å². The molecule has 0 radical (unpaired) electrons. The van der Waals surface area contributed by atoms with Crippen LogP contribution in [-0.4, -0.2) is 18.4 Å². The van der Waals surface area contributed by atoms with Crippen LogP contribution in [0.2, 0.25) is 14.8 Å². The van der Waals surface area contributed by atoms with Crippen molar-refractivity contribution in [1.82, 2.24) is 0 Å². The van der Waals surface area contributed by atoms with Gasteiger partial charge in [0.05, 0.1) is 0 Å². The van der Waals surface area contributed by atoms with Crippen molar-refractivity contribution in [2.75, 3.05) is 0 Å². The molecule has 0 bridgehead atoms. The fourth-order valence-corrected chi connectivity index (χ4v) is 11.2. The van der Waals surface area contributed by atoms with Crippen molar-refractivity contribution < 1.29 is 0 Å². The van der Waals surface area contributed by atoms with Crippen molar-refractivity contribution in [2.24, 2.45) is 0 Å². The second kappa shape index (κ2) is 4.97. The van der Waals surface area contributed by atoms with Crippen LogP contribution in [0.3, 0.4) is 0 Å². The molecule has 2 aliphatic carbocycles. The van der Waals surface area contributed by atoms with Gasteiger partial charge >= 0.3 is 140 Å². The first-order chi connectivity index (χ1) is 9.93. The van der Waals surface area contributed by atoms with Crippen LogP contribution in [0, 0.1) is 6.92 Å². The van der Waals surface area contributed by atoms with Gasteiger partial charge in [-0.2, -0.15) is 0 Å². The average Bonchev–Trinajstić information content (AvgIpc) is 3.05. The molecule has 0 unspecified atom stereocenters. The zero-order chi connectivity index (χ0) is 14.8. The first-order valence-corrected chi connectivity index (χ1v) is 19.5. The average molecular weight is 421 g/mol. The Balaban J connectivity index is 1.84. The van der Waals surface area contributed by atoms with E-state index in [0.29, 0.717) is 0 Å². The molecule has 0 atom stereocenters. The predicted molar refractivity (Wildman–Crippen MR) is 99.8 cm³/mol. The summed E-state index contributed by atoms with van der Waals surface area (Å²) in [5.74, 6) is 0. The fraction of sp³-hybridized carbons (Fsp3) is 0.444. The summed E-state index contributed by atoms with van der Waals surface area (Å²) in [7, 11) is 0. The molecule has 0 amide bonds. The molecule has 0 aliphatic heterocycles. The van der Waals surface area contributed by atoms with Gasteiger partial charge in [0.15, 0.2) is 0 Å². The minimum atomic E-state index is -1.91. The number of thiophene rings is 2. The van der Waals surface area contributed by atoms with Crippen LogP contribution in [0.15, 0.2) is 12.1 Å². The molecular formula is C18H22S2Sn. The van der Waals surface area contributed by atoms with Gasteiger partial charge in [0.1, 0.15) is 0 Å². The molecule has 0 nitrogen and oxygen atoms in total. The molecular weight excluding hydrogens is 399 g/mol. The van der Waals surface area contributed by atoms with E-state index in [1.807, 2.05) is 11.3 Å². The Morgan fingerprint density at radius 3 is 2.00 bits per heavy atom. The molecule has 2 aromatic rings. The second-order valence-electron chi connectivity index (χ2n) is 7.35. The normalized spacial score (nSPS) is 21.0. The summed E-state index contributed by atoms with van der Waals surface area (Å²) < 4.78 is 1.76. The van der Waals surface area contributed by atoms with Gasteiger partial charge in [-0.15, -0.1) is 0 Å². The molecule has 4 rings (SSSR count). The van der Waals surface area contributed by atoms with Crippen LogP contribution >= 0.6 is 22.7 Å². The molecule has 0 saturated carbocycles. The van der Waals surface area contributed by atoms with E-state index in [4.69, 9.17) is 0 Å². The van der Waals surface area contributed by atoms with E-state index >= 15 is 0 Å². The summed E-state index contributed by atoms with van der Waals surface area (Å²) in [4.78, 5) is 12.4. The molecule has 3 heteroatoms. The first-order valence-electron chi connectivity index (χ1n) is 7.89. The summed E-state index contributed by atoms with van der Waals surface area (Å²) in [6.45, 7) is 2.25. The molecule has 0 fully saturated rings. The summed E-state index contributed by atoms with van der Waals surface area (Å²) in [6, 6.07) is 5.02. The van der Waals surface area contributed by atoms with Crippen molar-refractivity contribution in [1.29, 1.82) is 0 Å². The topological polar surface area (TPSA) is 0 Å². The summed E-state index contributed by atoms with van der Waals surface area (Å²) in [6.07, 6.45) is 5.13. The molecule has 0 spiro atoms. The van der Waals surface area contributed by atoms with Crippen LogP contribution in [0.4, 0.5) is 0 Å². The third kappa shape index (κ3) is 2.38. The maximum atomic E-state index is 2.59. The number of hydrogen-bond donors (Lipinski definition) is 0. The van der Waals surface area contributed by atoms with Gasteiger partial charge in [-0.25, -0.2) is 0 Å². The molecule has 110 valence electrons. The van der Waals surface area contributed by atoms with E-state index in [1.165, 1.54) is 30.6 Å². The number of hydrogen-bond acceptors (Lipinski definition) is 2. The number of allylic oxidation sites excluding steroid dienone is 2. The zero-order valence-electron chi connectivity index (χ0n) is 13.3. The van der Waals surface area contributed by atoms with Gasteiger partial charge in [0.2, 0.25) is 0 Å². The Labute approximate surface area is 139 Å². The second-order valence-corrected chi connectivity index (χ2v) is 25.2. The van der Waals surface area contributed by atoms with Crippen LogP contribution in [0.25, 0.3) is 11.1 Å². The van der Waals surface area contributed by atoms with Crippen LogP contribution in [0.1, 0.15) is 38.6 Å². The summed E-state index contributed by atoms with van der Waals surface area (Å²) in [5.41, 5.74) is 6.60. The third-order valence-corrected chi connectivity index (χ3v) is 16.4. The zero-order valence-corrected chi connectivity index (χ0v) is 17.8. The van der Waals surface area contributed by atoms with E-state index in [1.54, 1.807) is 34.9 Å². The number of fused-ring (bicyclic) bond motifs is 2. The molecule has 2 aromatic heterocycles. The van der Waals surface area contributed by atoms with E-state index in [2.05, 4.69) is 45.2 Å². The van der Waals surface area contributed by atoms with E-state index in [-0.39, 0.29) is 0 Å². The summed E-state index contributed by atoms with van der Waals surface area (Å²) >= 11 is 2.24. The SMILES string of the molecule is Cc1cc2c(s1)CC/C2=C1/CCc2s[c]([Sn]([CH3])([CH3])[CH3])cc21. The first kappa shape index (κ1) is 14.5. The Hall–Kier alpha value is -0.0613.